The number of amidine groups is 1. The van der Waals surface area contributed by atoms with Crippen LogP contribution in [0.2, 0.25) is 0 Å². The highest BCUT2D eigenvalue weighted by Crippen LogP contribution is 2.33. The van der Waals surface area contributed by atoms with Gasteiger partial charge in [0.05, 0.1) is 9.80 Å². The summed E-state index contributed by atoms with van der Waals surface area (Å²) in [6.07, 6.45) is 2.58. The van der Waals surface area contributed by atoms with E-state index in [1.54, 1.807) is 37.3 Å². The van der Waals surface area contributed by atoms with E-state index in [2.05, 4.69) is 4.40 Å². The van der Waals surface area contributed by atoms with Crippen molar-refractivity contribution in [1.82, 2.24) is 4.90 Å². The molecule has 1 amide bonds. The Balaban J connectivity index is 1.94. The molecule has 5 nitrogen and oxygen atoms in total. The number of aryl methyl sites for hydroxylation is 1. The lowest BCUT2D eigenvalue weighted by Gasteiger charge is -2.12. The molecule has 0 saturated carbocycles. The molecule has 0 aromatic heterocycles. The molecule has 27 heavy (non-hydrogen) atoms. The first kappa shape index (κ1) is 19.4. The maximum atomic E-state index is 12.7. The fourth-order valence-corrected chi connectivity index (χ4v) is 4.85. The van der Waals surface area contributed by atoms with Crippen molar-refractivity contribution in [2.45, 2.75) is 25.2 Å². The highest BCUT2D eigenvalue weighted by molar-refractivity contribution is 8.19. The van der Waals surface area contributed by atoms with Gasteiger partial charge >= 0.3 is 0 Å². The van der Waals surface area contributed by atoms with Crippen molar-refractivity contribution in [3.05, 3.63) is 70.6 Å². The lowest BCUT2D eigenvalue weighted by atomic mass is 10.2. The second-order valence-electron chi connectivity index (χ2n) is 5.92. The molecular weight excluding hydrogens is 380 g/mol. The van der Waals surface area contributed by atoms with E-state index >= 15 is 0 Å². The van der Waals surface area contributed by atoms with Gasteiger partial charge < -0.3 is 0 Å². The molecule has 1 fully saturated rings. The Bertz CT molecular complexity index is 995. The van der Waals surface area contributed by atoms with E-state index < -0.39 is 10.0 Å². The number of rotatable bonds is 5. The van der Waals surface area contributed by atoms with E-state index in [9.17, 15) is 13.2 Å². The third-order valence-electron chi connectivity index (χ3n) is 4.13. The van der Waals surface area contributed by atoms with E-state index in [4.69, 9.17) is 0 Å². The molecule has 0 radical (unpaired) electrons. The van der Waals surface area contributed by atoms with Crippen molar-refractivity contribution in [3.63, 3.8) is 0 Å². The minimum absolute atomic E-state index is 0.122. The van der Waals surface area contributed by atoms with E-state index in [0.717, 1.165) is 29.3 Å². The molecule has 1 saturated heterocycles. The highest BCUT2D eigenvalue weighted by atomic mass is 32.2. The van der Waals surface area contributed by atoms with Gasteiger partial charge in [0.1, 0.15) is 0 Å². The van der Waals surface area contributed by atoms with Gasteiger partial charge in [-0.3, -0.25) is 9.69 Å². The van der Waals surface area contributed by atoms with Gasteiger partial charge in [-0.05, 0) is 54.4 Å². The number of amides is 1. The Kier molecular flexibility index (Phi) is 5.82. The number of carbonyl (C=O) groups is 1. The number of hydrogen-bond acceptors (Lipinski definition) is 4. The summed E-state index contributed by atoms with van der Waals surface area (Å²) in [6, 6.07) is 16.1. The van der Waals surface area contributed by atoms with Crippen molar-refractivity contribution >= 4 is 38.9 Å². The van der Waals surface area contributed by atoms with Crippen LogP contribution in [0.3, 0.4) is 0 Å². The lowest BCUT2D eigenvalue weighted by Crippen LogP contribution is -2.29. The Morgan fingerprint density at radius 1 is 1.04 bits per heavy atom. The Labute approximate surface area is 163 Å². The SMILES string of the molecule is CCc1ccc(S(=O)(=O)/N=C2/S/C(=C\c3ccccc3)C(=O)N2CC)cc1. The van der Waals surface area contributed by atoms with E-state index in [0.29, 0.717) is 11.4 Å². The van der Waals surface area contributed by atoms with Crippen LogP contribution < -0.4 is 0 Å². The Hall–Kier alpha value is -2.38. The zero-order valence-corrected chi connectivity index (χ0v) is 16.8. The third-order valence-corrected chi connectivity index (χ3v) is 6.53. The summed E-state index contributed by atoms with van der Waals surface area (Å²) in [5.74, 6) is -0.235. The third kappa shape index (κ3) is 4.31. The number of hydrogen-bond donors (Lipinski definition) is 0. The van der Waals surface area contributed by atoms with Crippen molar-refractivity contribution in [2.24, 2.45) is 4.40 Å². The molecule has 2 aromatic rings. The first-order chi connectivity index (χ1) is 12.9. The maximum absolute atomic E-state index is 12.7. The molecule has 0 spiro atoms. The molecule has 0 N–H and O–H groups in total. The first-order valence-electron chi connectivity index (χ1n) is 8.65. The van der Waals surface area contributed by atoms with Gasteiger partial charge in [-0.2, -0.15) is 8.42 Å². The number of thioether (sulfide) groups is 1. The second-order valence-corrected chi connectivity index (χ2v) is 8.53. The summed E-state index contributed by atoms with van der Waals surface area (Å²) in [4.78, 5) is 14.6. The molecule has 3 rings (SSSR count). The van der Waals surface area contributed by atoms with Crippen molar-refractivity contribution in [3.8, 4) is 0 Å². The van der Waals surface area contributed by atoms with E-state index in [1.165, 1.54) is 4.90 Å². The van der Waals surface area contributed by atoms with Crippen LogP contribution in [0.15, 0.2) is 68.8 Å². The Morgan fingerprint density at radius 2 is 1.70 bits per heavy atom. The largest absolute Gasteiger partial charge is 0.286 e. The van der Waals surface area contributed by atoms with Crippen molar-refractivity contribution in [2.75, 3.05) is 6.54 Å². The van der Waals surface area contributed by atoms with Gasteiger partial charge in [0.25, 0.3) is 15.9 Å². The first-order valence-corrected chi connectivity index (χ1v) is 10.9. The van der Waals surface area contributed by atoms with Crippen LogP contribution in [-0.2, 0) is 21.2 Å². The normalized spacial score (nSPS) is 17.9. The molecule has 2 aromatic carbocycles. The number of nitrogens with zero attached hydrogens (tertiary/aromatic N) is 2. The van der Waals surface area contributed by atoms with Gasteiger partial charge in [0.15, 0.2) is 5.17 Å². The van der Waals surface area contributed by atoms with Crippen LogP contribution in [0.1, 0.15) is 25.0 Å². The van der Waals surface area contributed by atoms with Crippen LogP contribution in [-0.4, -0.2) is 30.9 Å². The fraction of sp³-hybridized carbons (Fsp3) is 0.200. The zero-order valence-electron chi connectivity index (χ0n) is 15.1. The molecule has 1 aliphatic heterocycles. The molecule has 0 bridgehead atoms. The smallest absolute Gasteiger partial charge is 0.284 e. The van der Waals surface area contributed by atoms with Crippen LogP contribution in [0.25, 0.3) is 6.08 Å². The standard InChI is InChI=1S/C20H20N2O3S2/c1-3-15-10-12-17(13-11-15)27(24,25)21-20-22(4-2)19(23)18(26-20)14-16-8-6-5-7-9-16/h5-14H,3-4H2,1-2H3/b18-14-,21-20+. The maximum Gasteiger partial charge on any atom is 0.284 e. The number of likely N-dealkylation sites (N-methyl/N-ethyl adjacent to an activating group) is 1. The molecule has 0 aliphatic carbocycles. The highest BCUT2D eigenvalue weighted by Gasteiger charge is 2.33. The van der Waals surface area contributed by atoms with Gasteiger partial charge in [0.2, 0.25) is 0 Å². The molecular formula is C20H20N2O3S2. The van der Waals surface area contributed by atoms with Crippen LogP contribution >= 0.6 is 11.8 Å². The van der Waals surface area contributed by atoms with Gasteiger partial charge in [0, 0.05) is 6.54 Å². The monoisotopic (exact) mass is 400 g/mol. The predicted molar refractivity (Wildman–Crippen MR) is 110 cm³/mol. The average molecular weight is 401 g/mol. The summed E-state index contributed by atoms with van der Waals surface area (Å²) in [5, 5.41) is 0.184. The molecule has 1 aliphatic rings. The van der Waals surface area contributed by atoms with E-state index in [1.807, 2.05) is 37.3 Å². The fourth-order valence-electron chi connectivity index (χ4n) is 2.61. The molecule has 0 atom stereocenters. The Morgan fingerprint density at radius 3 is 2.30 bits per heavy atom. The summed E-state index contributed by atoms with van der Waals surface area (Å²) in [7, 11) is -3.89. The second kappa shape index (κ2) is 8.10. The summed E-state index contributed by atoms with van der Waals surface area (Å²) < 4.78 is 29.3. The number of sulfonamides is 1. The summed E-state index contributed by atoms with van der Waals surface area (Å²) in [6.45, 7) is 4.15. The summed E-state index contributed by atoms with van der Waals surface area (Å²) >= 11 is 1.08. The van der Waals surface area contributed by atoms with Crippen molar-refractivity contribution in [1.29, 1.82) is 0 Å². The quantitative estimate of drug-likeness (QED) is 0.713. The topological polar surface area (TPSA) is 66.8 Å². The molecule has 1 heterocycles. The van der Waals surface area contributed by atoms with Crippen LogP contribution in [0.4, 0.5) is 0 Å². The number of benzene rings is 2. The molecule has 7 heteroatoms. The number of carbonyl (C=O) groups excluding carboxylic acids is 1. The summed E-state index contributed by atoms with van der Waals surface area (Å²) in [5.41, 5.74) is 1.93. The van der Waals surface area contributed by atoms with Gasteiger partial charge in [-0.1, -0.05) is 49.4 Å². The zero-order chi connectivity index (χ0) is 19.4. The van der Waals surface area contributed by atoms with Crippen LogP contribution in [0, 0.1) is 0 Å². The van der Waals surface area contributed by atoms with E-state index in [-0.39, 0.29) is 16.0 Å². The molecule has 140 valence electrons. The van der Waals surface area contributed by atoms with Crippen LogP contribution in [0.5, 0.6) is 0 Å². The minimum atomic E-state index is -3.89. The predicted octanol–water partition coefficient (Wildman–Crippen LogP) is 3.93. The minimum Gasteiger partial charge on any atom is -0.286 e. The average Bonchev–Trinajstić information content (AvgIpc) is 2.96. The lowest BCUT2D eigenvalue weighted by molar-refractivity contribution is -0.122. The van der Waals surface area contributed by atoms with Crippen molar-refractivity contribution < 1.29 is 13.2 Å². The van der Waals surface area contributed by atoms with Gasteiger partial charge in [-0.25, -0.2) is 0 Å². The molecule has 0 unspecified atom stereocenters. The van der Waals surface area contributed by atoms with Gasteiger partial charge in [-0.15, -0.1) is 4.40 Å².